The summed E-state index contributed by atoms with van der Waals surface area (Å²) < 4.78 is 4.48. The van der Waals surface area contributed by atoms with Crippen LogP contribution in [0.3, 0.4) is 0 Å². The van der Waals surface area contributed by atoms with E-state index in [2.05, 4.69) is 51.5 Å². The normalized spacial score (nSPS) is 11.3. The summed E-state index contributed by atoms with van der Waals surface area (Å²) in [5.41, 5.74) is 9.51. The highest BCUT2D eigenvalue weighted by atomic mass is 15.1. The molecule has 0 aliphatic rings. The topological polar surface area (TPSA) is 48.8 Å². The lowest BCUT2D eigenvalue weighted by molar-refractivity contribution is 0.628. The number of benzene rings is 1. The number of aromatic nitrogens is 3. The van der Waals surface area contributed by atoms with E-state index in [1.807, 2.05) is 12.5 Å². The largest absolute Gasteiger partial charge is 0.341 e. The second-order valence-electron chi connectivity index (χ2n) is 5.08. The van der Waals surface area contributed by atoms with Gasteiger partial charge in [0.15, 0.2) is 0 Å². The zero-order chi connectivity index (χ0) is 13.9. The molecule has 2 aromatic heterocycles. The number of hydrogen-bond donors (Lipinski definition) is 1. The van der Waals surface area contributed by atoms with E-state index < -0.39 is 0 Å². The maximum Gasteiger partial charge on any atom is 0.0948 e. The lowest BCUT2D eigenvalue weighted by Gasteiger charge is -2.08. The summed E-state index contributed by atoms with van der Waals surface area (Å²) in [7, 11) is 0. The molecule has 0 spiro atoms. The van der Waals surface area contributed by atoms with E-state index in [-0.39, 0.29) is 0 Å². The molecular weight excluding hydrogens is 248 g/mol. The summed E-state index contributed by atoms with van der Waals surface area (Å²) in [6.45, 7) is 4.60. The number of para-hydroxylation sites is 1. The van der Waals surface area contributed by atoms with E-state index in [0.717, 1.165) is 19.5 Å². The van der Waals surface area contributed by atoms with Gasteiger partial charge >= 0.3 is 0 Å². The monoisotopic (exact) mass is 268 g/mol. The Balaban J connectivity index is 2.00. The predicted octanol–water partition coefficient (Wildman–Crippen LogP) is 2.75. The van der Waals surface area contributed by atoms with E-state index in [9.17, 15) is 0 Å². The summed E-state index contributed by atoms with van der Waals surface area (Å²) in [4.78, 5) is 4.27. The average Bonchev–Trinajstić information content (AvgIpc) is 3.05. The molecule has 0 fully saturated rings. The molecule has 3 aromatic rings. The molecule has 0 saturated carbocycles. The van der Waals surface area contributed by atoms with Crippen LogP contribution >= 0.6 is 0 Å². The van der Waals surface area contributed by atoms with Gasteiger partial charge < -0.3 is 14.9 Å². The van der Waals surface area contributed by atoms with Gasteiger partial charge in [-0.05, 0) is 18.1 Å². The smallest absolute Gasteiger partial charge is 0.0948 e. The summed E-state index contributed by atoms with van der Waals surface area (Å²) in [6, 6.07) is 8.42. The molecule has 0 radical (unpaired) electrons. The lowest BCUT2D eigenvalue weighted by atomic mass is 10.2. The maximum absolute atomic E-state index is 5.85. The molecule has 2 N–H and O–H groups in total. The molecule has 0 saturated heterocycles. The molecule has 4 nitrogen and oxygen atoms in total. The molecule has 0 aliphatic carbocycles. The van der Waals surface area contributed by atoms with E-state index in [1.165, 1.54) is 22.2 Å². The summed E-state index contributed by atoms with van der Waals surface area (Å²) in [5.74, 6) is 0. The Kier molecular flexibility index (Phi) is 3.56. The summed E-state index contributed by atoms with van der Waals surface area (Å²) >= 11 is 0. The van der Waals surface area contributed by atoms with Crippen molar-refractivity contribution in [3.05, 3.63) is 54.2 Å². The third-order valence-electron chi connectivity index (χ3n) is 3.69. The molecule has 104 valence electrons. The van der Waals surface area contributed by atoms with Crippen molar-refractivity contribution >= 4 is 10.9 Å². The van der Waals surface area contributed by atoms with Crippen molar-refractivity contribution in [1.82, 2.24) is 14.1 Å². The maximum atomic E-state index is 5.85. The fourth-order valence-electron chi connectivity index (χ4n) is 2.71. The molecular formula is C16H20N4. The first-order valence-electron chi connectivity index (χ1n) is 7.09. The standard InChI is InChI=1S/C16H20N4/c1-2-7-19-12-18-9-14(19)11-20-10-13(8-17)15-5-3-4-6-16(15)20/h3-6,9-10,12H,2,7-8,11,17H2,1H3. The van der Waals surface area contributed by atoms with Crippen LogP contribution in [0.1, 0.15) is 24.6 Å². The van der Waals surface area contributed by atoms with Crippen molar-refractivity contribution in [2.24, 2.45) is 5.73 Å². The predicted molar refractivity (Wildman–Crippen MR) is 81.4 cm³/mol. The van der Waals surface area contributed by atoms with Crippen LogP contribution < -0.4 is 5.73 Å². The van der Waals surface area contributed by atoms with Crippen LogP contribution in [-0.2, 0) is 19.6 Å². The van der Waals surface area contributed by atoms with Gasteiger partial charge in [-0.15, -0.1) is 0 Å². The van der Waals surface area contributed by atoms with Crippen molar-refractivity contribution in [2.45, 2.75) is 33.0 Å². The Hall–Kier alpha value is -2.07. The quantitative estimate of drug-likeness (QED) is 0.773. The van der Waals surface area contributed by atoms with Gasteiger partial charge in [-0.3, -0.25) is 0 Å². The van der Waals surface area contributed by atoms with Gasteiger partial charge in [0.25, 0.3) is 0 Å². The Labute approximate surface area is 118 Å². The number of nitrogens with zero attached hydrogens (tertiary/aromatic N) is 3. The highest BCUT2D eigenvalue weighted by molar-refractivity contribution is 5.84. The molecule has 0 amide bonds. The van der Waals surface area contributed by atoms with Crippen molar-refractivity contribution in [3.63, 3.8) is 0 Å². The van der Waals surface area contributed by atoms with Crippen LogP contribution in [0, 0.1) is 0 Å². The number of nitrogens with two attached hydrogens (primary N) is 1. The second-order valence-corrected chi connectivity index (χ2v) is 5.08. The number of fused-ring (bicyclic) bond motifs is 1. The Morgan fingerprint density at radius 2 is 2.05 bits per heavy atom. The van der Waals surface area contributed by atoms with Crippen LogP contribution in [0.4, 0.5) is 0 Å². The first-order chi connectivity index (χ1) is 9.83. The Morgan fingerprint density at radius 1 is 1.20 bits per heavy atom. The van der Waals surface area contributed by atoms with Crippen LogP contribution in [0.15, 0.2) is 43.0 Å². The van der Waals surface area contributed by atoms with Crippen molar-refractivity contribution in [2.75, 3.05) is 0 Å². The minimum Gasteiger partial charge on any atom is -0.341 e. The Morgan fingerprint density at radius 3 is 2.85 bits per heavy atom. The molecule has 0 bridgehead atoms. The zero-order valence-electron chi connectivity index (χ0n) is 11.8. The minimum atomic E-state index is 0.571. The van der Waals surface area contributed by atoms with Gasteiger partial charge in [-0.25, -0.2) is 4.98 Å². The minimum absolute atomic E-state index is 0.571. The van der Waals surface area contributed by atoms with Gasteiger partial charge in [0.2, 0.25) is 0 Å². The van der Waals surface area contributed by atoms with Gasteiger partial charge in [-0.2, -0.15) is 0 Å². The number of aryl methyl sites for hydroxylation is 1. The van der Waals surface area contributed by atoms with Crippen LogP contribution in [0.2, 0.25) is 0 Å². The molecule has 2 heterocycles. The number of imidazole rings is 1. The van der Waals surface area contributed by atoms with Gasteiger partial charge in [0, 0.05) is 36.4 Å². The van der Waals surface area contributed by atoms with Gasteiger partial charge in [0.1, 0.15) is 0 Å². The first kappa shape index (κ1) is 12.9. The fourth-order valence-corrected chi connectivity index (χ4v) is 2.71. The summed E-state index contributed by atoms with van der Waals surface area (Å²) in [5, 5.41) is 1.25. The molecule has 4 heteroatoms. The average molecular weight is 268 g/mol. The molecule has 1 aromatic carbocycles. The van der Waals surface area contributed by atoms with Crippen LogP contribution in [0.25, 0.3) is 10.9 Å². The molecule has 3 rings (SSSR count). The van der Waals surface area contributed by atoms with Gasteiger partial charge in [-0.1, -0.05) is 25.1 Å². The van der Waals surface area contributed by atoms with Crippen molar-refractivity contribution in [1.29, 1.82) is 0 Å². The fraction of sp³-hybridized carbons (Fsp3) is 0.312. The van der Waals surface area contributed by atoms with E-state index in [0.29, 0.717) is 6.54 Å². The van der Waals surface area contributed by atoms with Crippen molar-refractivity contribution in [3.8, 4) is 0 Å². The van der Waals surface area contributed by atoms with E-state index in [1.54, 1.807) is 0 Å². The molecule has 20 heavy (non-hydrogen) atoms. The van der Waals surface area contributed by atoms with Gasteiger partial charge in [0.05, 0.1) is 18.6 Å². The number of rotatable bonds is 5. The second kappa shape index (κ2) is 5.51. The van der Waals surface area contributed by atoms with Crippen LogP contribution in [0.5, 0.6) is 0 Å². The zero-order valence-corrected chi connectivity index (χ0v) is 11.8. The molecule has 0 unspecified atom stereocenters. The van der Waals surface area contributed by atoms with Crippen LogP contribution in [-0.4, -0.2) is 14.1 Å². The van der Waals surface area contributed by atoms with Crippen molar-refractivity contribution < 1.29 is 0 Å². The lowest BCUT2D eigenvalue weighted by Crippen LogP contribution is -2.06. The third-order valence-corrected chi connectivity index (χ3v) is 3.69. The highest BCUT2D eigenvalue weighted by Gasteiger charge is 2.09. The first-order valence-corrected chi connectivity index (χ1v) is 7.09. The Bertz CT molecular complexity index is 708. The third kappa shape index (κ3) is 2.23. The summed E-state index contributed by atoms with van der Waals surface area (Å²) in [6.07, 6.45) is 7.14. The molecule has 0 atom stereocenters. The van der Waals surface area contributed by atoms with E-state index in [4.69, 9.17) is 5.73 Å². The molecule has 0 aliphatic heterocycles. The highest BCUT2D eigenvalue weighted by Crippen LogP contribution is 2.22. The SMILES string of the molecule is CCCn1cncc1Cn1cc(CN)c2ccccc21. The van der Waals surface area contributed by atoms with E-state index >= 15 is 0 Å². The number of hydrogen-bond acceptors (Lipinski definition) is 2.